The minimum absolute atomic E-state index is 0.0288. The molecule has 0 radical (unpaired) electrons. The Morgan fingerprint density at radius 1 is 0.947 bits per heavy atom. The molecule has 19 heavy (non-hydrogen) atoms. The van der Waals surface area contributed by atoms with Gasteiger partial charge in [-0.1, -0.05) is 47.5 Å². The molecular formula is C13H10Cl2O3S. The second-order valence-electron chi connectivity index (χ2n) is 3.85. The van der Waals surface area contributed by atoms with E-state index in [1.165, 1.54) is 12.1 Å². The second-order valence-corrected chi connectivity index (χ2v) is 6.15. The molecular weight excluding hydrogens is 307 g/mol. The fourth-order valence-electron chi connectivity index (χ4n) is 1.53. The van der Waals surface area contributed by atoms with Crippen LogP contribution >= 0.6 is 23.2 Å². The highest BCUT2D eigenvalue weighted by molar-refractivity contribution is 7.87. The zero-order valence-corrected chi connectivity index (χ0v) is 12.3. The minimum Gasteiger partial charge on any atom is -0.379 e. The Morgan fingerprint density at radius 2 is 1.53 bits per heavy atom. The Hall–Kier alpha value is -1.23. The fourth-order valence-corrected chi connectivity index (χ4v) is 3.62. The lowest BCUT2D eigenvalue weighted by molar-refractivity contribution is 0.484. The Bertz CT molecular complexity index is 691. The van der Waals surface area contributed by atoms with Crippen molar-refractivity contribution in [1.29, 1.82) is 0 Å². The van der Waals surface area contributed by atoms with Gasteiger partial charge in [-0.2, -0.15) is 8.42 Å². The molecule has 0 spiro atoms. The van der Waals surface area contributed by atoms with E-state index in [4.69, 9.17) is 27.4 Å². The Kier molecular flexibility index (Phi) is 4.04. The van der Waals surface area contributed by atoms with Crippen LogP contribution in [0.4, 0.5) is 0 Å². The quantitative estimate of drug-likeness (QED) is 0.802. The number of para-hydroxylation sites is 1. The average Bonchev–Trinajstić information content (AvgIpc) is 2.31. The van der Waals surface area contributed by atoms with Gasteiger partial charge < -0.3 is 4.18 Å². The number of aryl methyl sites for hydroxylation is 1. The number of hydrogen-bond acceptors (Lipinski definition) is 3. The first kappa shape index (κ1) is 14.2. The average molecular weight is 317 g/mol. The van der Waals surface area contributed by atoms with Crippen LogP contribution in [0.25, 0.3) is 0 Å². The molecule has 0 saturated carbocycles. The van der Waals surface area contributed by atoms with Crippen LogP contribution in [-0.2, 0) is 10.1 Å². The topological polar surface area (TPSA) is 43.4 Å². The molecule has 0 heterocycles. The summed E-state index contributed by atoms with van der Waals surface area (Å²) >= 11 is 11.8. The predicted molar refractivity (Wildman–Crippen MR) is 75.5 cm³/mol. The van der Waals surface area contributed by atoms with Gasteiger partial charge >= 0.3 is 10.1 Å². The highest BCUT2D eigenvalue weighted by Crippen LogP contribution is 2.31. The maximum Gasteiger partial charge on any atom is 0.342 e. The van der Waals surface area contributed by atoms with Crippen LogP contribution in [0.1, 0.15) is 5.56 Å². The van der Waals surface area contributed by atoms with Crippen LogP contribution in [0.3, 0.4) is 0 Å². The molecule has 0 unspecified atom stereocenters. The highest BCUT2D eigenvalue weighted by Gasteiger charge is 2.24. The monoisotopic (exact) mass is 316 g/mol. The molecule has 3 nitrogen and oxygen atoms in total. The molecule has 0 aliphatic carbocycles. The third kappa shape index (κ3) is 3.03. The van der Waals surface area contributed by atoms with Gasteiger partial charge in [-0.3, -0.25) is 0 Å². The van der Waals surface area contributed by atoms with Crippen molar-refractivity contribution >= 4 is 33.3 Å². The molecule has 0 amide bonds. The summed E-state index contributed by atoms with van der Waals surface area (Å²) in [7, 11) is -4.06. The third-order valence-corrected chi connectivity index (χ3v) is 4.65. The molecule has 0 aliphatic heterocycles. The fraction of sp³-hybridized carbons (Fsp3) is 0.0769. The molecule has 100 valence electrons. The lowest BCUT2D eigenvalue weighted by Crippen LogP contribution is -2.11. The van der Waals surface area contributed by atoms with Gasteiger partial charge in [0.05, 0.1) is 10.0 Å². The molecule has 2 rings (SSSR count). The van der Waals surface area contributed by atoms with E-state index in [0.717, 1.165) is 0 Å². The third-order valence-electron chi connectivity index (χ3n) is 2.46. The van der Waals surface area contributed by atoms with Gasteiger partial charge in [0, 0.05) is 0 Å². The van der Waals surface area contributed by atoms with E-state index in [1.54, 1.807) is 37.3 Å². The van der Waals surface area contributed by atoms with Crippen molar-refractivity contribution in [2.24, 2.45) is 0 Å². The van der Waals surface area contributed by atoms with Gasteiger partial charge in [0.25, 0.3) is 0 Å². The van der Waals surface area contributed by atoms with Crippen molar-refractivity contribution < 1.29 is 12.6 Å². The lowest BCUT2D eigenvalue weighted by atomic mass is 10.2. The molecule has 2 aromatic carbocycles. The van der Waals surface area contributed by atoms with Gasteiger partial charge in [-0.25, -0.2) is 0 Å². The molecule has 0 bridgehead atoms. The van der Waals surface area contributed by atoms with Crippen LogP contribution in [0, 0.1) is 6.92 Å². The van der Waals surface area contributed by atoms with E-state index in [9.17, 15) is 8.42 Å². The summed E-state index contributed by atoms with van der Waals surface area (Å²) in [5.41, 5.74) is 0.703. The van der Waals surface area contributed by atoms with Gasteiger partial charge in [-0.15, -0.1) is 0 Å². The number of benzene rings is 2. The first-order valence-electron chi connectivity index (χ1n) is 5.36. The van der Waals surface area contributed by atoms with Crippen LogP contribution in [0.2, 0.25) is 10.0 Å². The SMILES string of the molecule is Cc1ccccc1OS(=O)(=O)c1c(Cl)cccc1Cl. The summed E-state index contributed by atoms with van der Waals surface area (Å²) in [5.74, 6) is 0.249. The zero-order valence-electron chi connectivity index (χ0n) is 9.93. The van der Waals surface area contributed by atoms with E-state index in [0.29, 0.717) is 5.56 Å². The number of halogens is 2. The van der Waals surface area contributed by atoms with Crippen LogP contribution in [-0.4, -0.2) is 8.42 Å². The molecule has 0 fully saturated rings. The summed E-state index contributed by atoms with van der Waals surface area (Å²) < 4.78 is 29.5. The summed E-state index contributed by atoms with van der Waals surface area (Å²) in [6.45, 7) is 1.75. The molecule has 0 saturated heterocycles. The minimum atomic E-state index is -4.06. The number of hydrogen-bond donors (Lipinski definition) is 0. The number of rotatable bonds is 3. The summed E-state index contributed by atoms with van der Waals surface area (Å²) in [6.07, 6.45) is 0. The van der Waals surface area contributed by atoms with Crippen molar-refractivity contribution in [3.05, 3.63) is 58.1 Å². The molecule has 0 atom stereocenters. The molecule has 2 aromatic rings. The first-order valence-corrected chi connectivity index (χ1v) is 7.52. The van der Waals surface area contributed by atoms with E-state index in [-0.39, 0.29) is 20.7 Å². The summed E-state index contributed by atoms with van der Waals surface area (Å²) in [5, 5.41) is 0.0576. The van der Waals surface area contributed by atoms with Crippen LogP contribution in [0.15, 0.2) is 47.4 Å². The van der Waals surface area contributed by atoms with E-state index < -0.39 is 10.1 Å². The van der Waals surface area contributed by atoms with Crippen molar-refractivity contribution in [3.8, 4) is 5.75 Å². The lowest BCUT2D eigenvalue weighted by Gasteiger charge is -2.11. The highest BCUT2D eigenvalue weighted by atomic mass is 35.5. The zero-order chi connectivity index (χ0) is 14.0. The maximum absolute atomic E-state index is 12.2. The van der Waals surface area contributed by atoms with E-state index in [2.05, 4.69) is 0 Å². The second kappa shape index (κ2) is 5.41. The molecule has 0 N–H and O–H groups in total. The summed E-state index contributed by atoms with van der Waals surface area (Å²) in [4.78, 5) is -0.221. The Morgan fingerprint density at radius 3 is 2.11 bits per heavy atom. The molecule has 0 aliphatic rings. The van der Waals surface area contributed by atoms with E-state index >= 15 is 0 Å². The van der Waals surface area contributed by atoms with Crippen molar-refractivity contribution in [3.63, 3.8) is 0 Å². The smallest absolute Gasteiger partial charge is 0.342 e. The Balaban J connectivity index is 2.47. The van der Waals surface area contributed by atoms with Crippen LogP contribution < -0.4 is 4.18 Å². The maximum atomic E-state index is 12.2. The standard InChI is InChI=1S/C13H10Cl2O3S/c1-9-5-2-3-8-12(9)18-19(16,17)13-10(14)6-4-7-11(13)15/h2-8H,1H3. The van der Waals surface area contributed by atoms with Crippen molar-refractivity contribution in [2.45, 2.75) is 11.8 Å². The normalized spacial score (nSPS) is 11.3. The van der Waals surface area contributed by atoms with Crippen LogP contribution in [0.5, 0.6) is 5.75 Å². The van der Waals surface area contributed by atoms with Gasteiger partial charge in [0.15, 0.2) is 0 Å². The predicted octanol–water partition coefficient (Wildman–Crippen LogP) is 4.07. The Labute approximate surface area is 121 Å². The molecule has 0 aromatic heterocycles. The van der Waals surface area contributed by atoms with Crippen molar-refractivity contribution in [1.82, 2.24) is 0 Å². The van der Waals surface area contributed by atoms with Crippen molar-refractivity contribution in [2.75, 3.05) is 0 Å². The van der Waals surface area contributed by atoms with Gasteiger partial charge in [0.2, 0.25) is 0 Å². The first-order chi connectivity index (χ1) is 8.92. The van der Waals surface area contributed by atoms with E-state index in [1.807, 2.05) is 0 Å². The summed E-state index contributed by atoms with van der Waals surface area (Å²) in [6, 6.07) is 11.3. The van der Waals surface area contributed by atoms with Gasteiger partial charge in [-0.05, 0) is 30.7 Å². The van der Waals surface area contributed by atoms with Gasteiger partial charge in [0.1, 0.15) is 10.6 Å². The largest absolute Gasteiger partial charge is 0.379 e. The molecule has 6 heteroatoms.